The quantitative estimate of drug-likeness (QED) is 0.874. The van der Waals surface area contributed by atoms with E-state index in [0.717, 1.165) is 12.6 Å². The van der Waals surface area contributed by atoms with E-state index < -0.39 is 0 Å². The number of benzene rings is 2. The summed E-state index contributed by atoms with van der Waals surface area (Å²) in [5.74, 6) is 0. The van der Waals surface area contributed by atoms with Gasteiger partial charge >= 0.3 is 0 Å². The second-order valence-electron chi connectivity index (χ2n) is 4.72. The zero-order chi connectivity index (χ0) is 11.5. The molecule has 3 rings (SSSR count). The molecule has 0 aliphatic heterocycles. The maximum Gasteiger partial charge on any atom is 0.0208 e. The lowest BCUT2D eigenvalue weighted by Crippen LogP contribution is -2.14. The van der Waals surface area contributed by atoms with Crippen LogP contribution in [0.2, 0.25) is 0 Å². The van der Waals surface area contributed by atoms with Crippen LogP contribution in [0.4, 0.5) is 0 Å². The monoisotopic (exact) mass is 259 g/mol. The molecule has 18 heavy (non-hydrogen) atoms. The largest absolute Gasteiger partial charge is 0.310 e. The van der Waals surface area contributed by atoms with Crippen LogP contribution in [0.15, 0.2) is 54.6 Å². The predicted molar refractivity (Wildman–Crippen MR) is 79.0 cm³/mol. The molecule has 0 aromatic heterocycles. The summed E-state index contributed by atoms with van der Waals surface area (Å²) < 4.78 is 0. The van der Waals surface area contributed by atoms with Gasteiger partial charge in [0.25, 0.3) is 0 Å². The summed E-state index contributed by atoms with van der Waals surface area (Å²) in [5, 5.41) is 3.53. The van der Waals surface area contributed by atoms with E-state index >= 15 is 0 Å². The lowest BCUT2D eigenvalue weighted by atomic mass is 10.0. The third-order valence-electron chi connectivity index (χ3n) is 3.23. The van der Waals surface area contributed by atoms with Gasteiger partial charge in [-0.05, 0) is 29.5 Å². The smallest absolute Gasteiger partial charge is 0.0208 e. The molecule has 0 radical (unpaired) electrons. The van der Waals surface area contributed by atoms with Crippen LogP contribution >= 0.6 is 12.4 Å². The Hall–Kier alpha value is -1.31. The van der Waals surface area contributed by atoms with Gasteiger partial charge in [-0.15, -0.1) is 12.4 Å². The van der Waals surface area contributed by atoms with Gasteiger partial charge in [0.1, 0.15) is 0 Å². The van der Waals surface area contributed by atoms with E-state index in [0.29, 0.717) is 0 Å². The van der Waals surface area contributed by atoms with Crippen molar-refractivity contribution in [2.24, 2.45) is 0 Å². The molecule has 1 aliphatic carbocycles. The van der Waals surface area contributed by atoms with Crippen molar-refractivity contribution in [1.82, 2.24) is 5.32 Å². The molecule has 2 heteroatoms. The molecule has 1 aliphatic rings. The molecule has 0 saturated heterocycles. The first kappa shape index (κ1) is 13.1. The average molecular weight is 260 g/mol. The summed E-state index contributed by atoms with van der Waals surface area (Å²) in [6.45, 7) is 1.000. The van der Waals surface area contributed by atoms with Gasteiger partial charge in [-0.1, -0.05) is 54.6 Å². The molecule has 0 atom stereocenters. The van der Waals surface area contributed by atoms with Crippen molar-refractivity contribution in [2.75, 3.05) is 0 Å². The zero-order valence-electron chi connectivity index (χ0n) is 10.3. The molecular formula is C16H18ClN. The standard InChI is InChI=1S/C16H17N.ClH/c1-2-4-14(5-3-1)15-8-6-13(7-9-15)12-17-16-10-11-16;/h1-9,16-17H,10-12H2;1H. The van der Waals surface area contributed by atoms with Crippen molar-refractivity contribution in [3.05, 3.63) is 60.2 Å². The normalized spacial score (nSPS) is 14.0. The van der Waals surface area contributed by atoms with Crippen LogP contribution in [0.5, 0.6) is 0 Å². The summed E-state index contributed by atoms with van der Waals surface area (Å²) in [6.07, 6.45) is 2.70. The first-order valence-electron chi connectivity index (χ1n) is 6.29. The molecule has 0 amide bonds. The highest BCUT2D eigenvalue weighted by Crippen LogP contribution is 2.21. The Labute approximate surface area is 115 Å². The number of halogens is 1. The molecule has 94 valence electrons. The van der Waals surface area contributed by atoms with Crippen LogP contribution in [0.25, 0.3) is 11.1 Å². The minimum Gasteiger partial charge on any atom is -0.310 e. The van der Waals surface area contributed by atoms with Gasteiger partial charge in [0.05, 0.1) is 0 Å². The van der Waals surface area contributed by atoms with Crippen LogP contribution in [-0.4, -0.2) is 6.04 Å². The van der Waals surface area contributed by atoms with Gasteiger partial charge in [-0.25, -0.2) is 0 Å². The van der Waals surface area contributed by atoms with Gasteiger partial charge < -0.3 is 5.32 Å². The van der Waals surface area contributed by atoms with Crippen LogP contribution in [0.1, 0.15) is 18.4 Å². The lowest BCUT2D eigenvalue weighted by molar-refractivity contribution is 0.688. The second kappa shape index (κ2) is 6.03. The van der Waals surface area contributed by atoms with E-state index in [4.69, 9.17) is 0 Å². The Bertz CT molecular complexity index is 474. The van der Waals surface area contributed by atoms with Crippen LogP contribution < -0.4 is 5.32 Å². The summed E-state index contributed by atoms with van der Waals surface area (Å²) in [5.41, 5.74) is 3.95. The molecular weight excluding hydrogens is 242 g/mol. The average Bonchev–Trinajstić information content (AvgIpc) is 3.22. The summed E-state index contributed by atoms with van der Waals surface area (Å²) in [7, 11) is 0. The van der Waals surface area contributed by atoms with E-state index in [1.165, 1.54) is 29.5 Å². The number of rotatable bonds is 4. The molecule has 1 nitrogen and oxygen atoms in total. The van der Waals surface area contributed by atoms with E-state index in [-0.39, 0.29) is 12.4 Å². The molecule has 0 unspecified atom stereocenters. The fraction of sp³-hybridized carbons (Fsp3) is 0.250. The summed E-state index contributed by atoms with van der Waals surface area (Å²) in [6, 6.07) is 20.2. The molecule has 1 fully saturated rings. The molecule has 0 bridgehead atoms. The summed E-state index contributed by atoms with van der Waals surface area (Å²) in [4.78, 5) is 0. The first-order chi connectivity index (χ1) is 8.42. The van der Waals surface area contributed by atoms with Crippen LogP contribution in [0, 0.1) is 0 Å². The third kappa shape index (κ3) is 3.34. The van der Waals surface area contributed by atoms with Crippen molar-refractivity contribution < 1.29 is 0 Å². The highest BCUT2D eigenvalue weighted by molar-refractivity contribution is 5.85. The number of hydrogen-bond acceptors (Lipinski definition) is 1. The van der Waals surface area contributed by atoms with Crippen molar-refractivity contribution in [2.45, 2.75) is 25.4 Å². The van der Waals surface area contributed by atoms with E-state index in [2.05, 4.69) is 59.9 Å². The molecule has 1 N–H and O–H groups in total. The van der Waals surface area contributed by atoms with Gasteiger partial charge in [-0.2, -0.15) is 0 Å². The fourth-order valence-electron chi connectivity index (χ4n) is 2.00. The molecule has 0 heterocycles. The minimum absolute atomic E-state index is 0. The van der Waals surface area contributed by atoms with Crippen LogP contribution in [0.3, 0.4) is 0 Å². The Kier molecular flexibility index (Phi) is 4.40. The third-order valence-corrected chi connectivity index (χ3v) is 3.23. The Morgan fingerprint density at radius 2 is 1.44 bits per heavy atom. The number of nitrogens with one attached hydrogen (secondary N) is 1. The highest BCUT2D eigenvalue weighted by atomic mass is 35.5. The molecule has 0 spiro atoms. The van der Waals surface area contributed by atoms with E-state index in [9.17, 15) is 0 Å². The lowest BCUT2D eigenvalue weighted by Gasteiger charge is -2.05. The first-order valence-corrected chi connectivity index (χ1v) is 6.29. The number of hydrogen-bond donors (Lipinski definition) is 1. The van der Waals surface area contributed by atoms with Crippen molar-refractivity contribution >= 4 is 12.4 Å². The Balaban J connectivity index is 0.00000120. The summed E-state index contributed by atoms with van der Waals surface area (Å²) >= 11 is 0. The van der Waals surface area contributed by atoms with Crippen molar-refractivity contribution in [1.29, 1.82) is 0 Å². The fourth-order valence-corrected chi connectivity index (χ4v) is 2.00. The topological polar surface area (TPSA) is 12.0 Å². The molecule has 2 aromatic carbocycles. The second-order valence-corrected chi connectivity index (χ2v) is 4.72. The Morgan fingerprint density at radius 3 is 2.06 bits per heavy atom. The van der Waals surface area contributed by atoms with Gasteiger partial charge in [-0.3, -0.25) is 0 Å². The zero-order valence-corrected chi connectivity index (χ0v) is 11.1. The predicted octanol–water partition coefficient (Wildman–Crippen LogP) is 4.03. The minimum atomic E-state index is 0. The maximum absolute atomic E-state index is 3.53. The van der Waals surface area contributed by atoms with Crippen molar-refractivity contribution in [3.8, 4) is 11.1 Å². The van der Waals surface area contributed by atoms with Gasteiger partial charge in [0.2, 0.25) is 0 Å². The Morgan fingerprint density at radius 1 is 0.833 bits per heavy atom. The SMILES string of the molecule is Cl.c1ccc(-c2ccc(CNC3CC3)cc2)cc1. The molecule has 2 aromatic rings. The maximum atomic E-state index is 3.53. The van der Waals surface area contributed by atoms with E-state index in [1.54, 1.807) is 0 Å². The van der Waals surface area contributed by atoms with Gasteiger partial charge in [0.15, 0.2) is 0 Å². The molecule has 1 saturated carbocycles. The van der Waals surface area contributed by atoms with Gasteiger partial charge in [0, 0.05) is 12.6 Å². The van der Waals surface area contributed by atoms with E-state index in [1.807, 2.05) is 0 Å². The van der Waals surface area contributed by atoms with Crippen molar-refractivity contribution in [3.63, 3.8) is 0 Å². The van der Waals surface area contributed by atoms with Crippen LogP contribution in [-0.2, 0) is 6.54 Å². The highest BCUT2D eigenvalue weighted by Gasteiger charge is 2.19.